The van der Waals surface area contributed by atoms with Crippen molar-refractivity contribution in [3.05, 3.63) is 35.9 Å². The highest BCUT2D eigenvalue weighted by Gasteiger charge is 2.36. The van der Waals surface area contributed by atoms with Crippen molar-refractivity contribution in [1.29, 1.82) is 0 Å². The van der Waals surface area contributed by atoms with Crippen LogP contribution in [-0.4, -0.2) is 166 Å². The van der Waals surface area contributed by atoms with E-state index in [-0.39, 0.29) is 81.7 Å². The average molecular weight is 1160 g/mol. The number of carboxylic acid groups (broad SMARTS) is 3. The Bertz CT molecular complexity index is 2350. The second-order valence-electron chi connectivity index (χ2n) is 21.3. The van der Waals surface area contributed by atoms with Crippen molar-refractivity contribution in [2.75, 3.05) is 13.1 Å². The maximum atomic E-state index is 14.1. The lowest BCUT2D eigenvalue weighted by Crippen LogP contribution is -2.60. The van der Waals surface area contributed by atoms with Gasteiger partial charge in [0.25, 0.3) is 0 Å². The average Bonchev–Trinajstić information content (AvgIpc) is 3.37. The highest BCUT2D eigenvalue weighted by molar-refractivity contribution is 5.99. The Kier molecular flexibility index (Phi) is 32.6. The Morgan fingerprint density at radius 1 is 0.451 bits per heavy atom. The lowest BCUT2D eigenvalue weighted by molar-refractivity contribution is -0.143. The molecule has 0 heterocycles. The largest absolute Gasteiger partial charge is 0.481 e. The zero-order chi connectivity index (χ0) is 62.4. The minimum Gasteiger partial charge on any atom is -0.481 e. The number of nitrogens with one attached hydrogen (secondary N) is 9. The van der Waals surface area contributed by atoms with Gasteiger partial charge < -0.3 is 86.1 Å². The first-order valence-electron chi connectivity index (χ1n) is 27.3. The second-order valence-corrected chi connectivity index (χ2v) is 21.3. The second kappa shape index (κ2) is 37.1. The van der Waals surface area contributed by atoms with Crippen LogP contribution < -0.4 is 70.8 Å². The third-order valence-electron chi connectivity index (χ3n) is 12.3. The van der Waals surface area contributed by atoms with Crippen molar-refractivity contribution >= 4 is 77.0 Å². The van der Waals surface area contributed by atoms with Gasteiger partial charge in [0.05, 0.1) is 18.9 Å². The highest BCUT2D eigenvalue weighted by atomic mass is 16.4. The van der Waals surface area contributed by atoms with Crippen LogP contribution >= 0.6 is 0 Å². The van der Waals surface area contributed by atoms with Gasteiger partial charge in [0.1, 0.15) is 54.4 Å². The van der Waals surface area contributed by atoms with Crippen molar-refractivity contribution in [2.45, 2.75) is 186 Å². The summed E-state index contributed by atoms with van der Waals surface area (Å²) >= 11 is 0. The molecule has 20 N–H and O–H groups in total. The number of aliphatic imine (C=N–C) groups is 1. The number of unbranched alkanes of at least 4 members (excludes halogenated alkanes) is 1. The van der Waals surface area contributed by atoms with Gasteiger partial charge >= 0.3 is 17.9 Å². The molecule has 29 nitrogen and oxygen atoms in total. The molecule has 9 amide bonds. The molecule has 0 aliphatic carbocycles. The fourth-order valence-corrected chi connectivity index (χ4v) is 8.08. The van der Waals surface area contributed by atoms with E-state index >= 15 is 0 Å². The summed E-state index contributed by atoms with van der Waals surface area (Å²) in [7, 11) is 0. The summed E-state index contributed by atoms with van der Waals surface area (Å²) in [6, 6.07) is -5.79. The number of carbonyl (C=O) groups is 12. The monoisotopic (exact) mass is 1160 g/mol. The van der Waals surface area contributed by atoms with E-state index in [2.05, 4.69) is 52.8 Å². The third kappa shape index (κ3) is 29.0. The zero-order valence-corrected chi connectivity index (χ0v) is 48.1. The van der Waals surface area contributed by atoms with Crippen LogP contribution in [0.5, 0.6) is 0 Å². The molecule has 29 heteroatoms. The first kappa shape index (κ1) is 72.1. The molecule has 1 rings (SSSR count). The predicted octanol–water partition coefficient (Wildman–Crippen LogP) is -2.69. The van der Waals surface area contributed by atoms with Crippen LogP contribution in [0.3, 0.4) is 0 Å². The number of rotatable bonds is 39. The Labute approximate surface area is 477 Å². The van der Waals surface area contributed by atoms with Crippen molar-refractivity contribution < 1.29 is 72.9 Å². The van der Waals surface area contributed by atoms with E-state index in [4.69, 9.17) is 28.0 Å². The van der Waals surface area contributed by atoms with Crippen LogP contribution in [0.25, 0.3) is 0 Å². The molecule has 0 fully saturated rings. The molecule has 0 saturated heterocycles. The summed E-state index contributed by atoms with van der Waals surface area (Å²) in [6.07, 6.45) is -0.799. The number of nitrogens with two attached hydrogens (primary N) is 4. The number of hydrogen-bond donors (Lipinski definition) is 16. The molecular weight excluding hydrogens is 1070 g/mol. The van der Waals surface area contributed by atoms with E-state index in [1.165, 1.54) is 13.8 Å². The Hall–Kier alpha value is -7.95. The normalized spacial score (nSPS) is 14.8. The topological polar surface area (TPSA) is 490 Å². The maximum absolute atomic E-state index is 14.1. The number of benzene rings is 1. The molecule has 0 aliphatic heterocycles. The fraction of sp³-hybridized carbons (Fsp3) is 0.642. The van der Waals surface area contributed by atoms with Crippen LogP contribution in [-0.2, 0) is 64.0 Å². The van der Waals surface area contributed by atoms with Gasteiger partial charge in [-0.05, 0) is 95.1 Å². The SMILES string of the molecule is CC(C)C[C@H](NC(=O)[C@H](CC(=O)O)NC(=O)[C@H](Cc1ccccc1)NC(=O)[C@H](C)NC(=O)[C@H](C)NC(=O)[C@H](CCCCN)NC(=O)[C@H](CC(C)C)NC(=O)[C@H](CC(C)C)NC(=O)[C@@H](N)CC(=O)O)C(=O)N[C@@H](CCCN=C(N)N)C(=O)O. The lowest BCUT2D eigenvalue weighted by Gasteiger charge is -2.28. The molecule has 460 valence electrons. The van der Waals surface area contributed by atoms with E-state index < -0.39 is 144 Å². The minimum absolute atomic E-state index is 0.0304. The maximum Gasteiger partial charge on any atom is 0.326 e. The van der Waals surface area contributed by atoms with Gasteiger partial charge in [0, 0.05) is 13.0 Å². The van der Waals surface area contributed by atoms with Crippen LogP contribution in [0.4, 0.5) is 0 Å². The van der Waals surface area contributed by atoms with Gasteiger partial charge in [-0.1, -0.05) is 71.9 Å². The van der Waals surface area contributed by atoms with Crippen LogP contribution in [0, 0.1) is 17.8 Å². The summed E-state index contributed by atoms with van der Waals surface area (Å²) in [4.78, 5) is 162. The molecule has 0 bridgehead atoms. The first-order valence-corrected chi connectivity index (χ1v) is 27.3. The van der Waals surface area contributed by atoms with Gasteiger partial charge in [-0.25, -0.2) is 4.79 Å². The Balaban J connectivity index is 3.34. The number of amides is 9. The van der Waals surface area contributed by atoms with Crippen molar-refractivity contribution in [3.8, 4) is 0 Å². The number of nitrogens with zero attached hydrogens (tertiary/aromatic N) is 1. The molecule has 1 aromatic rings. The first-order chi connectivity index (χ1) is 38.3. The van der Waals surface area contributed by atoms with Crippen LogP contribution in [0.2, 0.25) is 0 Å². The number of aliphatic carboxylic acids is 3. The fourth-order valence-electron chi connectivity index (χ4n) is 8.08. The Morgan fingerprint density at radius 3 is 1.28 bits per heavy atom. The van der Waals surface area contributed by atoms with E-state index in [1.807, 2.05) is 0 Å². The van der Waals surface area contributed by atoms with Gasteiger partial charge in [-0.15, -0.1) is 0 Å². The molecule has 10 atom stereocenters. The van der Waals surface area contributed by atoms with E-state index in [0.717, 1.165) is 0 Å². The zero-order valence-electron chi connectivity index (χ0n) is 48.1. The lowest BCUT2D eigenvalue weighted by atomic mass is 9.99. The molecular formula is C53H88N14O15. The summed E-state index contributed by atoms with van der Waals surface area (Å²) < 4.78 is 0. The van der Waals surface area contributed by atoms with Gasteiger partial charge in [-0.2, -0.15) is 0 Å². The summed E-state index contributed by atoms with van der Waals surface area (Å²) in [5.41, 5.74) is 22.6. The predicted molar refractivity (Wildman–Crippen MR) is 300 cm³/mol. The minimum atomic E-state index is -1.83. The summed E-state index contributed by atoms with van der Waals surface area (Å²) in [5.74, 6) is -13.1. The number of guanidine groups is 1. The van der Waals surface area contributed by atoms with Crippen molar-refractivity contribution in [1.82, 2.24) is 47.9 Å². The van der Waals surface area contributed by atoms with E-state index in [1.54, 1.807) is 71.9 Å². The molecule has 1 aromatic carbocycles. The van der Waals surface area contributed by atoms with Gasteiger partial charge in [0.2, 0.25) is 53.2 Å². The number of hydrogen-bond acceptors (Lipinski definition) is 15. The quantitative estimate of drug-likeness (QED) is 0.0181. The van der Waals surface area contributed by atoms with Crippen molar-refractivity contribution in [3.63, 3.8) is 0 Å². The summed E-state index contributed by atoms with van der Waals surface area (Å²) in [6.45, 7) is 13.5. The molecule has 0 aromatic heterocycles. The van der Waals surface area contributed by atoms with Crippen LogP contribution in [0.15, 0.2) is 35.3 Å². The Morgan fingerprint density at radius 2 is 0.829 bits per heavy atom. The van der Waals surface area contributed by atoms with Gasteiger partial charge in [-0.3, -0.25) is 57.7 Å². The van der Waals surface area contributed by atoms with E-state index in [9.17, 15) is 67.7 Å². The third-order valence-corrected chi connectivity index (χ3v) is 12.3. The van der Waals surface area contributed by atoms with E-state index in [0.29, 0.717) is 18.4 Å². The molecule has 0 aliphatic rings. The smallest absolute Gasteiger partial charge is 0.326 e. The van der Waals surface area contributed by atoms with Crippen LogP contribution in [0.1, 0.15) is 125 Å². The highest BCUT2D eigenvalue weighted by Crippen LogP contribution is 2.13. The molecule has 0 radical (unpaired) electrons. The van der Waals surface area contributed by atoms with Crippen molar-refractivity contribution in [2.24, 2.45) is 45.7 Å². The number of carbonyl (C=O) groups excluding carboxylic acids is 9. The summed E-state index contributed by atoms with van der Waals surface area (Å²) in [5, 5.41) is 51.2. The standard InChI is InChI=1S/C53H88N14O15/c1-27(2)21-36(64-45(74)33(55)25-41(68)69)49(78)65-37(22-28(3)4)47(76)61-34(17-12-13-19-54)46(75)60-30(7)43(72)59-31(8)44(73)63-39(24-32-15-10-9-11-16-32)50(79)67-40(26-42(70)71)51(80)66-38(23-29(5)6)48(77)62-35(52(81)82)18-14-20-58-53(56)57/h9-11,15-16,27-31,33-40H,12-14,17-26,54-55H2,1-8H3,(H,59,72)(H,60,75)(H,61,76)(H,62,77)(H,63,73)(H,64,74)(H,65,78)(H,66,80)(H,67,79)(H,68,69)(H,70,71)(H,81,82)(H4,56,57,58)/t30-,31-,33-,34-,35-,36-,37-,38-,39-,40-/m0/s1. The molecule has 0 unspecified atom stereocenters. The number of carboxylic acids is 3. The molecule has 0 spiro atoms. The molecule has 82 heavy (non-hydrogen) atoms. The van der Waals surface area contributed by atoms with Gasteiger partial charge in [0.15, 0.2) is 5.96 Å². The molecule has 0 saturated carbocycles.